The highest BCUT2D eigenvalue weighted by Gasteiger charge is 2.34. The van der Waals surface area contributed by atoms with Crippen LogP contribution in [0.5, 0.6) is 5.75 Å². The van der Waals surface area contributed by atoms with Crippen molar-refractivity contribution in [1.82, 2.24) is 19.6 Å². The molecule has 1 unspecified atom stereocenters. The molecule has 3 rings (SSSR count). The maximum absolute atomic E-state index is 13.0. The molecule has 1 aromatic heterocycles. The van der Waals surface area contributed by atoms with Crippen molar-refractivity contribution in [3.63, 3.8) is 0 Å². The summed E-state index contributed by atoms with van der Waals surface area (Å²) in [5.41, 5.74) is 1.44. The molecule has 7 nitrogen and oxygen atoms in total. The van der Waals surface area contributed by atoms with Gasteiger partial charge in [-0.25, -0.2) is 0 Å². The minimum absolute atomic E-state index is 0.00775. The fourth-order valence-corrected chi connectivity index (χ4v) is 3.22. The van der Waals surface area contributed by atoms with Gasteiger partial charge in [0.2, 0.25) is 5.91 Å². The molecule has 1 atom stereocenters. The van der Waals surface area contributed by atoms with Gasteiger partial charge in [0, 0.05) is 45.4 Å². The Morgan fingerprint density at radius 3 is 2.64 bits per heavy atom. The number of nitrogens with zero attached hydrogens (tertiary/aromatic N) is 4. The predicted molar refractivity (Wildman–Crippen MR) is 92.2 cm³/mol. The van der Waals surface area contributed by atoms with Gasteiger partial charge >= 0.3 is 0 Å². The molecule has 1 saturated heterocycles. The van der Waals surface area contributed by atoms with E-state index in [0.29, 0.717) is 30.9 Å². The second-order valence-electron chi connectivity index (χ2n) is 6.12. The Balaban J connectivity index is 1.97. The highest BCUT2D eigenvalue weighted by molar-refractivity contribution is 5.94. The normalized spacial score (nSPS) is 17.5. The highest BCUT2D eigenvalue weighted by Crippen LogP contribution is 2.33. The summed E-state index contributed by atoms with van der Waals surface area (Å²) >= 11 is 0. The zero-order chi connectivity index (χ0) is 18.0. The van der Waals surface area contributed by atoms with Gasteiger partial charge in [-0.15, -0.1) is 0 Å². The maximum Gasteiger partial charge on any atom is 0.257 e. The first kappa shape index (κ1) is 17.0. The molecule has 1 aromatic carbocycles. The summed E-state index contributed by atoms with van der Waals surface area (Å²) in [6.07, 6.45) is 3.28. The van der Waals surface area contributed by atoms with E-state index in [1.165, 1.54) is 0 Å². The van der Waals surface area contributed by atoms with E-state index < -0.39 is 0 Å². The Labute approximate surface area is 146 Å². The molecule has 1 aliphatic rings. The van der Waals surface area contributed by atoms with Crippen LogP contribution in [-0.4, -0.2) is 58.1 Å². The fourth-order valence-electron chi connectivity index (χ4n) is 3.22. The number of ether oxygens (including phenoxy) is 1. The highest BCUT2D eigenvalue weighted by atomic mass is 16.5. The molecule has 0 radical (unpaired) electrons. The van der Waals surface area contributed by atoms with Crippen molar-refractivity contribution in [3.05, 3.63) is 47.8 Å². The molecule has 0 N–H and O–H groups in total. The van der Waals surface area contributed by atoms with Gasteiger partial charge in [0.05, 0.1) is 24.9 Å². The summed E-state index contributed by atoms with van der Waals surface area (Å²) in [5.74, 6) is 0.627. The minimum Gasteiger partial charge on any atom is -0.496 e. The minimum atomic E-state index is -0.262. The van der Waals surface area contributed by atoms with Crippen LogP contribution in [0.3, 0.4) is 0 Å². The number of carbonyl (C=O) groups excluding carboxylic acids is 2. The molecule has 0 spiro atoms. The summed E-state index contributed by atoms with van der Waals surface area (Å²) in [7, 11) is 3.39. The first-order chi connectivity index (χ1) is 12.0. The Bertz CT molecular complexity index is 786. The van der Waals surface area contributed by atoms with Crippen LogP contribution in [-0.2, 0) is 11.8 Å². The Morgan fingerprint density at radius 2 is 2.00 bits per heavy atom. The van der Waals surface area contributed by atoms with E-state index in [2.05, 4.69) is 5.10 Å². The van der Waals surface area contributed by atoms with Crippen LogP contribution in [0.4, 0.5) is 0 Å². The second kappa shape index (κ2) is 6.96. The largest absolute Gasteiger partial charge is 0.496 e. The van der Waals surface area contributed by atoms with E-state index in [1.54, 1.807) is 48.0 Å². The predicted octanol–water partition coefficient (Wildman–Crippen LogP) is 1.47. The number of aryl methyl sites for hydroxylation is 1. The number of para-hydroxylation sites is 1. The molecule has 2 heterocycles. The summed E-state index contributed by atoms with van der Waals surface area (Å²) in [6, 6.07) is 7.35. The van der Waals surface area contributed by atoms with Crippen molar-refractivity contribution in [1.29, 1.82) is 0 Å². The molecule has 132 valence electrons. The van der Waals surface area contributed by atoms with E-state index in [0.717, 1.165) is 5.56 Å². The first-order valence-corrected chi connectivity index (χ1v) is 8.19. The Morgan fingerprint density at radius 1 is 1.24 bits per heavy atom. The number of rotatable bonds is 3. The van der Waals surface area contributed by atoms with Gasteiger partial charge in [-0.2, -0.15) is 5.10 Å². The van der Waals surface area contributed by atoms with E-state index >= 15 is 0 Å². The first-order valence-electron chi connectivity index (χ1n) is 8.19. The lowest BCUT2D eigenvalue weighted by molar-refractivity contribution is -0.131. The van der Waals surface area contributed by atoms with E-state index in [1.807, 2.05) is 24.3 Å². The molecule has 0 aliphatic carbocycles. The van der Waals surface area contributed by atoms with E-state index in [4.69, 9.17) is 4.74 Å². The summed E-state index contributed by atoms with van der Waals surface area (Å²) in [5, 5.41) is 4.09. The third kappa shape index (κ3) is 3.35. The summed E-state index contributed by atoms with van der Waals surface area (Å²) in [6.45, 7) is 2.99. The standard InChI is InChI=1S/C18H22N4O3/c1-13(23)21-8-9-22(18(24)14-10-19-20(2)11-14)16(12-21)15-6-4-5-7-17(15)25-3/h4-7,10-11,16H,8-9,12H2,1-3H3. The Kier molecular flexibility index (Phi) is 4.74. The number of methoxy groups -OCH3 is 1. The van der Waals surface area contributed by atoms with Crippen molar-refractivity contribution in [3.8, 4) is 5.75 Å². The number of amides is 2. The SMILES string of the molecule is COc1ccccc1C1CN(C(C)=O)CCN1C(=O)c1cnn(C)c1. The third-order valence-corrected chi connectivity index (χ3v) is 4.54. The molecule has 2 aromatic rings. The van der Waals surface area contributed by atoms with Crippen LogP contribution in [0.15, 0.2) is 36.7 Å². The number of aromatic nitrogens is 2. The molecule has 2 amide bonds. The average molecular weight is 342 g/mol. The number of benzene rings is 1. The van der Waals surface area contributed by atoms with Gasteiger partial charge < -0.3 is 14.5 Å². The molecule has 1 fully saturated rings. The van der Waals surface area contributed by atoms with Gasteiger partial charge in [0.1, 0.15) is 5.75 Å². The second-order valence-corrected chi connectivity index (χ2v) is 6.12. The number of hydrogen-bond donors (Lipinski definition) is 0. The lowest BCUT2D eigenvalue weighted by atomic mass is 10.00. The average Bonchev–Trinajstić information content (AvgIpc) is 3.07. The molecule has 0 saturated carbocycles. The topological polar surface area (TPSA) is 67.7 Å². The third-order valence-electron chi connectivity index (χ3n) is 4.54. The van der Waals surface area contributed by atoms with Gasteiger partial charge in [0.25, 0.3) is 5.91 Å². The van der Waals surface area contributed by atoms with Crippen LogP contribution in [0.25, 0.3) is 0 Å². The summed E-state index contributed by atoms with van der Waals surface area (Å²) in [4.78, 5) is 28.4. The van der Waals surface area contributed by atoms with Crippen molar-refractivity contribution < 1.29 is 14.3 Å². The van der Waals surface area contributed by atoms with Gasteiger partial charge in [-0.05, 0) is 6.07 Å². The smallest absolute Gasteiger partial charge is 0.257 e. The molecule has 7 heteroatoms. The van der Waals surface area contributed by atoms with Crippen LogP contribution in [0.2, 0.25) is 0 Å². The lowest BCUT2D eigenvalue weighted by Crippen LogP contribution is -2.51. The van der Waals surface area contributed by atoms with Crippen LogP contribution in [0.1, 0.15) is 28.9 Å². The van der Waals surface area contributed by atoms with E-state index in [9.17, 15) is 9.59 Å². The quantitative estimate of drug-likeness (QED) is 0.847. The maximum atomic E-state index is 13.0. The summed E-state index contributed by atoms with van der Waals surface area (Å²) < 4.78 is 7.08. The molecular formula is C18H22N4O3. The zero-order valence-electron chi connectivity index (χ0n) is 14.7. The molecule has 1 aliphatic heterocycles. The number of hydrogen-bond acceptors (Lipinski definition) is 4. The van der Waals surface area contributed by atoms with Crippen molar-refractivity contribution in [2.75, 3.05) is 26.7 Å². The van der Waals surface area contributed by atoms with E-state index in [-0.39, 0.29) is 17.9 Å². The number of piperazine rings is 1. The van der Waals surface area contributed by atoms with Crippen molar-refractivity contribution in [2.45, 2.75) is 13.0 Å². The van der Waals surface area contributed by atoms with Crippen molar-refractivity contribution >= 4 is 11.8 Å². The van der Waals surface area contributed by atoms with Gasteiger partial charge in [-0.3, -0.25) is 14.3 Å². The van der Waals surface area contributed by atoms with Crippen molar-refractivity contribution in [2.24, 2.45) is 7.05 Å². The van der Waals surface area contributed by atoms with Gasteiger partial charge in [0.15, 0.2) is 0 Å². The lowest BCUT2D eigenvalue weighted by Gasteiger charge is -2.41. The Hall–Kier alpha value is -2.83. The molecular weight excluding hydrogens is 320 g/mol. The van der Waals surface area contributed by atoms with Gasteiger partial charge in [-0.1, -0.05) is 18.2 Å². The number of carbonyl (C=O) groups is 2. The monoisotopic (exact) mass is 342 g/mol. The zero-order valence-corrected chi connectivity index (χ0v) is 14.7. The molecule has 25 heavy (non-hydrogen) atoms. The molecule has 0 bridgehead atoms. The van der Waals surface area contributed by atoms with Crippen LogP contribution in [0, 0.1) is 0 Å². The van der Waals surface area contributed by atoms with Crippen LogP contribution >= 0.6 is 0 Å². The van der Waals surface area contributed by atoms with Crippen LogP contribution < -0.4 is 4.74 Å². The fraction of sp³-hybridized carbons (Fsp3) is 0.389.